The zero-order valence-electron chi connectivity index (χ0n) is 11.9. The van der Waals surface area contributed by atoms with E-state index in [1.165, 1.54) is 18.6 Å². The fourth-order valence-corrected chi connectivity index (χ4v) is 3.84. The number of aromatic nitrogens is 2. The number of sulfonamides is 1. The van der Waals surface area contributed by atoms with E-state index >= 15 is 0 Å². The molecule has 7 nitrogen and oxygen atoms in total. The molecule has 0 radical (unpaired) electrons. The largest absolute Gasteiger partial charge is 0.511 e. The number of rotatable bonds is 3. The highest BCUT2D eigenvalue weighted by atomic mass is 32.2. The summed E-state index contributed by atoms with van der Waals surface area (Å²) in [7, 11) is -5.30. The normalized spacial score (nSPS) is 25.1. The molecule has 0 bridgehead atoms. The van der Waals surface area contributed by atoms with Crippen molar-refractivity contribution in [3.63, 3.8) is 0 Å². The van der Waals surface area contributed by atoms with Gasteiger partial charge in [-0.2, -0.15) is 17.5 Å². The Morgan fingerprint density at radius 2 is 2.09 bits per heavy atom. The van der Waals surface area contributed by atoms with E-state index in [0.717, 1.165) is 0 Å². The molecule has 3 heterocycles. The van der Waals surface area contributed by atoms with Crippen molar-refractivity contribution in [3.05, 3.63) is 18.6 Å². The highest BCUT2D eigenvalue weighted by Gasteiger charge is 2.59. The van der Waals surface area contributed by atoms with Crippen LogP contribution in [0.15, 0.2) is 18.6 Å². The highest BCUT2D eigenvalue weighted by Crippen LogP contribution is 2.40. The Hall–Kier alpha value is -1.46. The summed E-state index contributed by atoms with van der Waals surface area (Å²) in [5.74, 6) is 0.314. The van der Waals surface area contributed by atoms with E-state index < -0.39 is 21.1 Å². The SMILES string of the molecule is O=S(=O)(N1CC2(CC(Oc3cnccn3)CCO2)C1)C(F)(F)F. The first-order chi connectivity index (χ1) is 10.7. The molecule has 1 spiro atoms. The van der Waals surface area contributed by atoms with Gasteiger partial charge in [0, 0.05) is 38.3 Å². The third kappa shape index (κ3) is 3.12. The van der Waals surface area contributed by atoms with Gasteiger partial charge in [-0.15, -0.1) is 0 Å². The van der Waals surface area contributed by atoms with E-state index in [9.17, 15) is 21.6 Å². The van der Waals surface area contributed by atoms with Crippen molar-refractivity contribution >= 4 is 10.0 Å². The van der Waals surface area contributed by atoms with Crippen molar-refractivity contribution in [1.82, 2.24) is 14.3 Å². The number of alkyl halides is 3. The predicted octanol–water partition coefficient (Wildman–Crippen LogP) is 0.938. The quantitative estimate of drug-likeness (QED) is 0.804. The van der Waals surface area contributed by atoms with Crippen molar-refractivity contribution in [1.29, 1.82) is 0 Å². The van der Waals surface area contributed by atoms with Crippen LogP contribution in [-0.4, -0.2) is 59.6 Å². The van der Waals surface area contributed by atoms with Crippen molar-refractivity contribution in [2.45, 2.75) is 30.1 Å². The van der Waals surface area contributed by atoms with Crippen LogP contribution in [0.4, 0.5) is 13.2 Å². The Morgan fingerprint density at radius 1 is 1.35 bits per heavy atom. The van der Waals surface area contributed by atoms with Crippen LogP contribution in [0.2, 0.25) is 0 Å². The second kappa shape index (κ2) is 5.56. The summed E-state index contributed by atoms with van der Waals surface area (Å²) in [6.07, 6.45) is 4.92. The minimum atomic E-state index is -5.30. The zero-order valence-corrected chi connectivity index (χ0v) is 12.7. The van der Waals surface area contributed by atoms with Gasteiger partial charge in [0.15, 0.2) is 0 Å². The topological polar surface area (TPSA) is 81.6 Å². The average molecular weight is 353 g/mol. The maximum Gasteiger partial charge on any atom is 0.511 e. The molecule has 0 amide bonds. The van der Waals surface area contributed by atoms with Gasteiger partial charge in [-0.1, -0.05) is 0 Å². The van der Waals surface area contributed by atoms with Crippen molar-refractivity contribution in [3.8, 4) is 5.88 Å². The zero-order chi connectivity index (χ0) is 16.7. The minimum absolute atomic E-state index is 0.283. The van der Waals surface area contributed by atoms with E-state index in [4.69, 9.17) is 9.47 Å². The lowest BCUT2D eigenvalue weighted by Crippen LogP contribution is -2.68. The molecule has 11 heteroatoms. The summed E-state index contributed by atoms with van der Waals surface area (Å²) in [5.41, 5.74) is -6.22. The van der Waals surface area contributed by atoms with Gasteiger partial charge in [-0.25, -0.2) is 13.4 Å². The molecule has 1 aromatic heterocycles. The highest BCUT2D eigenvalue weighted by molar-refractivity contribution is 7.90. The molecule has 0 aromatic carbocycles. The lowest BCUT2D eigenvalue weighted by Gasteiger charge is -2.51. The van der Waals surface area contributed by atoms with Crippen LogP contribution in [0.5, 0.6) is 5.88 Å². The maximum absolute atomic E-state index is 12.5. The molecular formula is C12H14F3N3O4S. The summed E-state index contributed by atoms with van der Waals surface area (Å²) in [6, 6.07) is 0. The summed E-state index contributed by atoms with van der Waals surface area (Å²) < 4.78 is 71.7. The van der Waals surface area contributed by atoms with Crippen molar-refractivity contribution < 1.29 is 31.1 Å². The van der Waals surface area contributed by atoms with E-state index in [0.29, 0.717) is 23.0 Å². The van der Waals surface area contributed by atoms with E-state index in [1.807, 2.05) is 0 Å². The standard InChI is InChI=1S/C12H14F3N3O4S/c13-12(14,15)23(19,20)18-7-11(8-18)5-9(1-4-21-11)22-10-6-16-2-3-17-10/h2-3,6,9H,1,4-5,7-8H2. The van der Waals surface area contributed by atoms with Crippen LogP contribution in [-0.2, 0) is 14.8 Å². The lowest BCUT2D eigenvalue weighted by molar-refractivity contribution is -0.168. The van der Waals surface area contributed by atoms with Crippen LogP contribution >= 0.6 is 0 Å². The molecule has 23 heavy (non-hydrogen) atoms. The van der Waals surface area contributed by atoms with Gasteiger partial charge in [-0.3, -0.25) is 4.98 Å². The summed E-state index contributed by atoms with van der Waals surface area (Å²) in [5, 5.41) is 0. The first-order valence-electron chi connectivity index (χ1n) is 6.85. The number of ether oxygens (including phenoxy) is 2. The third-order valence-electron chi connectivity index (χ3n) is 3.84. The minimum Gasteiger partial charge on any atom is -0.473 e. The van der Waals surface area contributed by atoms with Crippen LogP contribution in [0.1, 0.15) is 12.8 Å². The number of hydrogen-bond donors (Lipinski definition) is 0. The molecule has 0 saturated carbocycles. The Kier molecular flexibility index (Phi) is 3.97. The van der Waals surface area contributed by atoms with Crippen LogP contribution in [0.3, 0.4) is 0 Å². The van der Waals surface area contributed by atoms with Gasteiger partial charge in [0.2, 0.25) is 5.88 Å². The summed E-state index contributed by atoms with van der Waals surface area (Å²) in [6.45, 7) is -0.366. The molecule has 2 aliphatic rings. The summed E-state index contributed by atoms with van der Waals surface area (Å²) >= 11 is 0. The monoisotopic (exact) mass is 353 g/mol. The molecule has 2 fully saturated rings. The number of halogens is 3. The van der Waals surface area contributed by atoms with E-state index in [2.05, 4.69) is 9.97 Å². The van der Waals surface area contributed by atoms with Crippen molar-refractivity contribution in [2.75, 3.05) is 19.7 Å². The molecule has 0 aliphatic carbocycles. The van der Waals surface area contributed by atoms with Crippen LogP contribution < -0.4 is 4.74 Å². The van der Waals surface area contributed by atoms with Gasteiger partial charge in [0.05, 0.1) is 18.4 Å². The Bertz CT molecular complexity index is 662. The first-order valence-corrected chi connectivity index (χ1v) is 8.29. The van der Waals surface area contributed by atoms with Gasteiger partial charge in [0.1, 0.15) is 6.10 Å². The molecule has 128 valence electrons. The van der Waals surface area contributed by atoms with E-state index in [1.54, 1.807) is 0 Å². The molecule has 1 aromatic rings. The fraction of sp³-hybridized carbons (Fsp3) is 0.667. The summed E-state index contributed by atoms with van der Waals surface area (Å²) in [4.78, 5) is 7.83. The Morgan fingerprint density at radius 3 is 2.70 bits per heavy atom. The average Bonchev–Trinajstić information content (AvgIpc) is 2.45. The molecule has 2 saturated heterocycles. The fourth-order valence-electron chi connectivity index (χ4n) is 2.73. The molecular weight excluding hydrogens is 339 g/mol. The number of hydrogen-bond acceptors (Lipinski definition) is 6. The molecule has 1 atom stereocenters. The van der Waals surface area contributed by atoms with Crippen molar-refractivity contribution in [2.24, 2.45) is 0 Å². The number of nitrogens with zero attached hydrogens (tertiary/aromatic N) is 3. The Balaban J connectivity index is 1.62. The van der Waals surface area contributed by atoms with Gasteiger partial charge >= 0.3 is 15.5 Å². The smallest absolute Gasteiger partial charge is 0.473 e. The van der Waals surface area contributed by atoms with E-state index in [-0.39, 0.29) is 25.8 Å². The van der Waals surface area contributed by atoms with Crippen LogP contribution in [0.25, 0.3) is 0 Å². The second-order valence-electron chi connectivity index (χ2n) is 5.53. The van der Waals surface area contributed by atoms with Gasteiger partial charge in [0.25, 0.3) is 0 Å². The van der Waals surface area contributed by atoms with Gasteiger partial charge < -0.3 is 9.47 Å². The maximum atomic E-state index is 12.5. The molecule has 0 N–H and O–H groups in total. The first kappa shape index (κ1) is 16.4. The molecule has 2 aliphatic heterocycles. The second-order valence-corrected chi connectivity index (χ2v) is 7.46. The lowest BCUT2D eigenvalue weighted by atomic mass is 9.86. The third-order valence-corrected chi connectivity index (χ3v) is 5.36. The Labute approximate surface area is 130 Å². The van der Waals surface area contributed by atoms with Gasteiger partial charge in [-0.05, 0) is 0 Å². The molecule has 3 rings (SSSR count). The predicted molar refractivity (Wildman–Crippen MR) is 70.9 cm³/mol. The molecule has 1 unspecified atom stereocenters. The van der Waals surface area contributed by atoms with Crippen LogP contribution in [0, 0.1) is 0 Å².